The van der Waals surface area contributed by atoms with E-state index >= 15 is 0 Å². The second-order valence-electron chi connectivity index (χ2n) is 4.96. The summed E-state index contributed by atoms with van der Waals surface area (Å²) in [5.41, 5.74) is 0.518. The third kappa shape index (κ3) is 5.67. The molecular weight excluding hydrogens is 592 g/mol. The molecule has 0 aromatic heterocycles. The molecule has 0 aliphatic carbocycles. The minimum Gasteiger partial charge on any atom is -0.453 e. The van der Waals surface area contributed by atoms with Crippen molar-refractivity contribution in [3.8, 4) is 11.5 Å². The van der Waals surface area contributed by atoms with Crippen LogP contribution in [0.5, 0.6) is 11.5 Å². The number of esters is 2. The molecule has 0 heterocycles. The maximum absolute atomic E-state index is 11.8. The standard InChI is InChI=1S/C16H14Br4O5/c1-6(2)15(21)24-8(5)23-13-9(17)11(19)14(12(20)10(13)18)25-16(22)7(3)4/h8H,1,3H2,2,4-5H3. The molecule has 0 bridgehead atoms. The number of ether oxygens (including phenoxy) is 3. The lowest BCUT2D eigenvalue weighted by Crippen LogP contribution is -2.21. The highest BCUT2D eigenvalue weighted by atomic mass is 79.9. The van der Waals surface area contributed by atoms with Gasteiger partial charge in [-0.1, -0.05) is 13.2 Å². The Bertz CT molecular complexity index is 728. The molecule has 1 aromatic rings. The van der Waals surface area contributed by atoms with Gasteiger partial charge in [-0.25, -0.2) is 9.59 Å². The maximum atomic E-state index is 11.8. The second-order valence-corrected chi connectivity index (χ2v) is 8.13. The van der Waals surface area contributed by atoms with Gasteiger partial charge in [-0.3, -0.25) is 0 Å². The van der Waals surface area contributed by atoms with Crippen molar-refractivity contribution in [2.24, 2.45) is 0 Å². The number of benzene rings is 1. The summed E-state index contributed by atoms with van der Waals surface area (Å²) in [6, 6.07) is 0. The zero-order chi connectivity index (χ0) is 19.5. The molecule has 1 atom stereocenters. The van der Waals surface area contributed by atoms with Crippen molar-refractivity contribution in [3.05, 3.63) is 42.2 Å². The molecule has 0 N–H and O–H groups in total. The fraction of sp³-hybridized carbons (Fsp3) is 0.250. The normalized spacial score (nSPS) is 11.5. The van der Waals surface area contributed by atoms with Gasteiger partial charge in [0.15, 0.2) is 11.5 Å². The lowest BCUT2D eigenvalue weighted by atomic mass is 10.3. The van der Waals surface area contributed by atoms with Crippen molar-refractivity contribution in [3.63, 3.8) is 0 Å². The number of rotatable bonds is 6. The van der Waals surface area contributed by atoms with Gasteiger partial charge in [0.25, 0.3) is 0 Å². The SMILES string of the molecule is C=C(C)C(=O)Oc1c(Br)c(Br)c(OC(C)OC(=O)C(=C)C)c(Br)c1Br. The molecule has 0 saturated heterocycles. The summed E-state index contributed by atoms with van der Waals surface area (Å²) >= 11 is 13.4. The van der Waals surface area contributed by atoms with Crippen LogP contribution in [0, 0.1) is 0 Å². The number of carbonyl (C=O) groups excluding carboxylic acids is 2. The van der Waals surface area contributed by atoms with E-state index in [1.165, 1.54) is 0 Å². The molecule has 1 rings (SSSR count). The van der Waals surface area contributed by atoms with Crippen molar-refractivity contribution in [2.45, 2.75) is 27.1 Å². The monoisotopic (exact) mass is 602 g/mol. The number of hydrogen-bond acceptors (Lipinski definition) is 5. The lowest BCUT2D eigenvalue weighted by Gasteiger charge is -2.20. The van der Waals surface area contributed by atoms with Gasteiger partial charge in [-0.2, -0.15) is 0 Å². The van der Waals surface area contributed by atoms with E-state index in [1.54, 1.807) is 20.8 Å². The smallest absolute Gasteiger partial charge is 0.338 e. The zero-order valence-electron chi connectivity index (χ0n) is 13.5. The van der Waals surface area contributed by atoms with Crippen LogP contribution in [0.15, 0.2) is 42.2 Å². The Morgan fingerprint density at radius 3 is 1.64 bits per heavy atom. The van der Waals surface area contributed by atoms with Crippen LogP contribution in [0.25, 0.3) is 0 Å². The van der Waals surface area contributed by atoms with E-state index in [9.17, 15) is 9.59 Å². The average molecular weight is 606 g/mol. The highest BCUT2D eigenvalue weighted by Gasteiger charge is 2.25. The van der Waals surface area contributed by atoms with E-state index in [4.69, 9.17) is 14.2 Å². The first kappa shape index (κ1) is 22.4. The van der Waals surface area contributed by atoms with Gasteiger partial charge in [-0.05, 0) is 77.6 Å². The van der Waals surface area contributed by atoms with Gasteiger partial charge in [0.2, 0.25) is 6.29 Å². The summed E-state index contributed by atoms with van der Waals surface area (Å²) in [4.78, 5) is 23.4. The molecular formula is C16H14Br4O5. The van der Waals surface area contributed by atoms with Gasteiger partial charge in [0, 0.05) is 18.1 Å². The van der Waals surface area contributed by atoms with E-state index < -0.39 is 18.2 Å². The Kier molecular flexibility index (Phi) is 8.37. The Labute approximate surface area is 179 Å². The third-order valence-corrected chi connectivity index (χ3v) is 6.72. The van der Waals surface area contributed by atoms with Crippen LogP contribution in [-0.2, 0) is 14.3 Å². The molecule has 1 unspecified atom stereocenters. The van der Waals surface area contributed by atoms with E-state index in [-0.39, 0.29) is 16.9 Å². The van der Waals surface area contributed by atoms with Crippen LogP contribution in [0.1, 0.15) is 20.8 Å². The Morgan fingerprint density at radius 1 is 0.840 bits per heavy atom. The summed E-state index contributed by atoms with van der Waals surface area (Å²) in [7, 11) is 0. The van der Waals surface area contributed by atoms with Crippen LogP contribution >= 0.6 is 63.7 Å². The topological polar surface area (TPSA) is 61.8 Å². The van der Waals surface area contributed by atoms with Crippen LogP contribution < -0.4 is 9.47 Å². The summed E-state index contributed by atoms with van der Waals surface area (Å²) in [6.07, 6.45) is -0.876. The fourth-order valence-corrected chi connectivity index (χ4v) is 3.80. The first-order valence-corrected chi connectivity index (χ1v) is 9.91. The summed E-state index contributed by atoms with van der Waals surface area (Å²) in [5, 5.41) is 0. The van der Waals surface area contributed by atoms with Crippen LogP contribution in [-0.4, -0.2) is 18.2 Å². The van der Waals surface area contributed by atoms with E-state index in [0.717, 1.165) is 0 Å². The van der Waals surface area contributed by atoms with Gasteiger partial charge in [0.1, 0.15) is 0 Å². The first-order valence-electron chi connectivity index (χ1n) is 6.74. The van der Waals surface area contributed by atoms with Crippen molar-refractivity contribution in [1.29, 1.82) is 0 Å². The molecule has 5 nitrogen and oxygen atoms in total. The Hall–Kier alpha value is -0.640. The van der Waals surface area contributed by atoms with E-state index in [2.05, 4.69) is 76.9 Å². The van der Waals surface area contributed by atoms with Crippen LogP contribution in [0.2, 0.25) is 0 Å². The van der Waals surface area contributed by atoms with Gasteiger partial charge in [-0.15, -0.1) is 0 Å². The quantitative estimate of drug-likeness (QED) is 0.130. The highest BCUT2D eigenvalue weighted by molar-refractivity contribution is 9.14. The van der Waals surface area contributed by atoms with Crippen LogP contribution in [0.4, 0.5) is 0 Å². The third-order valence-electron chi connectivity index (χ3n) is 2.63. The molecule has 0 aliphatic rings. The largest absolute Gasteiger partial charge is 0.453 e. The molecule has 0 fully saturated rings. The first-order chi connectivity index (χ1) is 11.5. The molecule has 0 spiro atoms. The maximum Gasteiger partial charge on any atom is 0.338 e. The Balaban J connectivity index is 3.19. The van der Waals surface area contributed by atoms with Crippen molar-refractivity contribution >= 4 is 75.7 Å². The summed E-state index contributed by atoms with van der Waals surface area (Å²) < 4.78 is 17.9. The van der Waals surface area contributed by atoms with Gasteiger partial charge >= 0.3 is 11.9 Å². The minimum atomic E-state index is -0.876. The second kappa shape index (κ2) is 9.34. The molecule has 0 saturated carbocycles. The Morgan fingerprint density at radius 2 is 1.24 bits per heavy atom. The predicted octanol–water partition coefficient (Wildman–Crippen LogP) is 6.06. The average Bonchev–Trinajstić information content (AvgIpc) is 2.53. The minimum absolute atomic E-state index is 0.241. The van der Waals surface area contributed by atoms with Gasteiger partial charge < -0.3 is 14.2 Å². The molecule has 25 heavy (non-hydrogen) atoms. The molecule has 9 heteroatoms. The summed E-state index contributed by atoms with van der Waals surface area (Å²) in [6.45, 7) is 11.7. The van der Waals surface area contributed by atoms with E-state index in [1.807, 2.05) is 0 Å². The van der Waals surface area contributed by atoms with Crippen LogP contribution in [0.3, 0.4) is 0 Å². The zero-order valence-corrected chi connectivity index (χ0v) is 19.9. The predicted molar refractivity (Wildman–Crippen MR) is 109 cm³/mol. The molecule has 0 aliphatic heterocycles. The molecule has 0 amide bonds. The van der Waals surface area contributed by atoms with Gasteiger partial charge in [0.05, 0.1) is 17.9 Å². The lowest BCUT2D eigenvalue weighted by molar-refractivity contribution is -0.156. The van der Waals surface area contributed by atoms with Crippen molar-refractivity contribution in [1.82, 2.24) is 0 Å². The number of carbonyl (C=O) groups is 2. The number of halogens is 4. The molecule has 0 radical (unpaired) electrons. The van der Waals surface area contributed by atoms with Crippen molar-refractivity contribution in [2.75, 3.05) is 0 Å². The van der Waals surface area contributed by atoms with Crippen molar-refractivity contribution < 1.29 is 23.8 Å². The summed E-state index contributed by atoms with van der Waals surface area (Å²) in [5.74, 6) is -0.552. The molecule has 1 aromatic carbocycles. The van der Waals surface area contributed by atoms with E-state index in [0.29, 0.717) is 23.6 Å². The fourth-order valence-electron chi connectivity index (χ4n) is 1.41. The number of hydrogen-bond donors (Lipinski definition) is 0. The molecule has 136 valence electrons. The highest BCUT2D eigenvalue weighted by Crippen LogP contribution is 2.50.